The molecule has 1 aromatic heterocycles. The van der Waals surface area contributed by atoms with Crippen LogP contribution in [-0.4, -0.2) is 46.9 Å². The molecule has 0 aliphatic heterocycles. The van der Waals surface area contributed by atoms with E-state index in [0.29, 0.717) is 12.4 Å². The molecule has 8 nitrogen and oxygen atoms in total. The number of ether oxygens (including phenoxy) is 1. The highest BCUT2D eigenvalue weighted by molar-refractivity contribution is 5.74. The lowest BCUT2D eigenvalue weighted by molar-refractivity contribution is -0.385. The first-order chi connectivity index (χ1) is 10.5. The van der Waals surface area contributed by atoms with E-state index in [1.54, 1.807) is 35.7 Å². The third-order valence-corrected chi connectivity index (χ3v) is 2.94. The van der Waals surface area contributed by atoms with E-state index >= 15 is 0 Å². The molecule has 0 aliphatic rings. The van der Waals surface area contributed by atoms with Crippen LogP contribution in [0.5, 0.6) is 5.75 Å². The summed E-state index contributed by atoms with van der Waals surface area (Å²) in [6.07, 6.45) is 5.10. The maximum absolute atomic E-state index is 11.1. The lowest BCUT2D eigenvalue weighted by Crippen LogP contribution is -2.07. The van der Waals surface area contributed by atoms with Gasteiger partial charge in [0.05, 0.1) is 18.2 Å². The van der Waals surface area contributed by atoms with Crippen molar-refractivity contribution in [3.8, 4) is 5.75 Å². The predicted octanol–water partition coefficient (Wildman–Crippen LogP) is 1.74. The first-order valence-corrected chi connectivity index (χ1v) is 6.55. The molecule has 1 heterocycles. The van der Waals surface area contributed by atoms with E-state index in [-0.39, 0.29) is 11.4 Å². The summed E-state index contributed by atoms with van der Waals surface area (Å²) in [5, 5.41) is 16.9. The topological polar surface area (TPSA) is 85.8 Å². The van der Waals surface area contributed by atoms with Crippen LogP contribution in [0.1, 0.15) is 11.4 Å². The first-order valence-electron chi connectivity index (χ1n) is 6.55. The van der Waals surface area contributed by atoms with Crippen LogP contribution in [0, 0.1) is 10.1 Å². The SMILES string of the molecule is COc1ccc(Cn2ccnc2C=NN(C)C)cc1[N+](=O)[O-]. The maximum Gasteiger partial charge on any atom is 0.311 e. The molecular formula is C14H17N5O3. The highest BCUT2D eigenvalue weighted by Gasteiger charge is 2.15. The van der Waals surface area contributed by atoms with Crippen LogP contribution >= 0.6 is 0 Å². The minimum Gasteiger partial charge on any atom is -0.490 e. The van der Waals surface area contributed by atoms with Crippen molar-refractivity contribution in [3.63, 3.8) is 0 Å². The van der Waals surface area contributed by atoms with Gasteiger partial charge in [0.25, 0.3) is 0 Å². The second kappa shape index (κ2) is 6.70. The van der Waals surface area contributed by atoms with E-state index in [2.05, 4.69) is 10.1 Å². The van der Waals surface area contributed by atoms with Gasteiger partial charge in [0, 0.05) is 39.1 Å². The second-order valence-corrected chi connectivity index (χ2v) is 4.77. The lowest BCUT2D eigenvalue weighted by atomic mass is 10.2. The van der Waals surface area contributed by atoms with Gasteiger partial charge in [-0.1, -0.05) is 6.07 Å². The zero-order chi connectivity index (χ0) is 16.1. The normalized spacial score (nSPS) is 10.9. The number of hydrogen-bond donors (Lipinski definition) is 0. The molecule has 116 valence electrons. The summed E-state index contributed by atoms with van der Waals surface area (Å²) in [5.41, 5.74) is 0.730. The van der Waals surface area contributed by atoms with Gasteiger partial charge >= 0.3 is 5.69 Å². The first kappa shape index (κ1) is 15.5. The Kier molecular flexibility index (Phi) is 4.72. The van der Waals surface area contributed by atoms with Gasteiger partial charge in [-0.25, -0.2) is 4.98 Å². The highest BCUT2D eigenvalue weighted by Crippen LogP contribution is 2.27. The van der Waals surface area contributed by atoms with Crippen molar-refractivity contribution in [1.82, 2.24) is 14.6 Å². The van der Waals surface area contributed by atoms with Crippen molar-refractivity contribution in [2.24, 2.45) is 5.10 Å². The molecule has 0 N–H and O–H groups in total. The van der Waals surface area contributed by atoms with Crippen LogP contribution in [0.2, 0.25) is 0 Å². The molecule has 0 bridgehead atoms. The van der Waals surface area contributed by atoms with Gasteiger partial charge in [-0.05, 0) is 11.6 Å². The summed E-state index contributed by atoms with van der Waals surface area (Å²) in [7, 11) is 5.04. The van der Waals surface area contributed by atoms with Crippen LogP contribution in [0.25, 0.3) is 0 Å². The average Bonchev–Trinajstić information content (AvgIpc) is 2.92. The number of imidazole rings is 1. The fourth-order valence-corrected chi connectivity index (χ4v) is 1.92. The predicted molar refractivity (Wildman–Crippen MR) is 82.3 cm³/mol. The van der Waals surface area contributed by atoms with Crippen molar-refractivity contribution >= 4 is 11.9 Å². The van der Waals surface area contributed by atoms with E-state index in [1.807, 2.05) is 18.7 Å². The van der Waals surface area contributed by atoms with Crippen molar-refractivity contribution in [2.75, 3.05) is 21.2 Å². The summed E-state index contributed by atoms with van der Waals surface area (Å²) < 4.78 is 6.86. The molecule has 0 saturated carbocycles. The van der Waals surface area contributed by atoms with Crippen LogP contribution in [0.3, 0.4) is 0 Å². The molecule has 0 aliphatic carbocycles. The third kappa shape index (κ3) is 3.60. The Morgan fingerprint density at radius 3 is 2.91 bits per heavy atom. The van der Waals surface area contributed by atoms with Crippen LogP contribution in [-0.2, 0) is 6.54 Å². The zero-order valence-corrected chi connectivity index (χ0v) is 12.6. The molecule has 1 aromatic carbocycles. The van der Waals surface area contributed by atoms with Crippen molar-refractivity contribution in [1.29, 1.82) is 0 Å². The van der Waals surface area contributed by atoms with Gasteiger partial charge in [-0.15, -0.1) is 0 Å². The summed E-state index contributed by atoms with van der Waals surface area (Å²) in [6.45, 7) is 0.458. The van der Waals surface area contributed by atoms with Crippen LogP contribution in [0.15, 0.2) is 35.7 Å². The van der Waals surface area contributed by atoms with Crippen LogP contribution in [0.4, 0.5) is 5.69 Å². The van der Waals surface area contributed by atoms with Gasteiger partial charge in [-0.3, -0.25) is 10.1 Å². The molecule has 0 saturated heterocycles. The summed E-state index contributed by atoms with van der Waals surface area (Å²) in [6, 6.07) is 4.89. The van der Waals surface area contributed by atoms with E-state index in [0.717, 1.165) is 5.56 Å². The fourth-order valence-electron chi connectivity index (χ4n) is 1.92. The Bertz CT molecular complexity index is 694. The monoisotopic (exact) mass is 303 g/mol. The molecule has 0 spiro atoms. The molecule has 0 unspecified atom stereocenters. The van der Waals surface area contributed by atoms with E-state index in [1.165, 1.54) is 13.2 Å². The number of nitrogens with zero attached hydrogens (tertiary/aromatic N) is 5. The number of nitro benzene ring substituents is 1. The number of nitro groups is 1. The van der Waals surface area contributed by atoms with Gasteiger partial charge in [0.1, 0.15) is 0 Å². The molecule has 0 atom stereocenters. The number of rotatable bonds is 6. The van der Waals surface area contributed by atoms with Gasteiger partial charge in [0.15, 0.2) is 11.6 Å². The van der Waals surface area contributed by atoms with Gasteiger partial charge < -0.3 is 14.3 Å². The summed E-state index contributed by atoms with van der Waals surface area (Å²) >= 11 is 0. The molecule has 2 aromatic rings. The minimum atomic E-state index is -0.454. The fraction of sp³-hybridized carbons (Fsp3) is 0.286. The molecular weight excluding hydrogens is 286 g/mol. The summed E-state index contributed by atoms with van der Waals surface area (Å²) in [5.74, 6) is 0.918. The van der Waals surface area contributed by atoms with Crippen molar-refractivity contribution in [2.45, 2.75) is 6.54 Å². The van der Waals surface area contributed by atoms with Gasteiger partial charge in [0.2, 0.25) is 0 Å². The molecule has 0 amide bonds. The Balaban J connectivity index is 2.27. The number of hydrazone groups is 1. The molecule has 8 heteroatoms. The molecule has 22 heavy (non-hydrogen) atoms. The Labute approximate surface area is 127 Å². The van der Waals surface area contributed by atoms with Gasteiger partial charge in [-0.2, -0.15) is 5.10 Å². The number of hydrogen-bond acceptors (Lipinski definition) is 6. The molecule has 2 rings (SSSR count). The number of benzene rings is 1. The number of methoxy groups -OCH3 is 1. The Hall–Kier alpha value is -2.90. The Morgan fingerprint density at radius 1 is 1.50 bits per heavy atom. The lowest BCUT2D eigenvalue weighted by Gasteiger charge is -2.08. The quantitative estimate of drug-likeness (QED) is 0.461. The van der Waals surface area contributed by atoms with Crippen molar-refractivity contribution in [3.05, 3.63) is 52.1 Å². The maximum atomic E-state index is 11.1. The summed E-state index contributed by atoms with van der Waals surface area (Å²) in [4.78, 5) is 14.8. The Morgan fingerprint density at radius 2 is 2.27 bits per heavy atom. The smallest absolute Gasteiger partial charge is 0.311 e. The van der Waals surface area contributed by atoms with E-state index in [9.17, 15) is 10.1 Å². The van der Waals surface area contributed by atoms with Crippen molar-refractivity contribution < 1.29 is 9.66 Å². The molecule has 0 fully saturated rings. The zero-order valence-electron chi connectivity index (χ0n) is 12.6. The van der Waals surface area contributed by atoms with Crippen LogP contribution < -0.4 is 4.74 Å². The second-order valence-electron chi connectivity index (χ2n) is 4.77. The largest absolute Gasteiger partial charge is 0.490 e. The average molecular weight is 303 g/mol. The van der Waals surface area contributed by atoms with E-state index in [4.69, 9.17) is 4.74 Å². The van der Waals surface area contributed by atoms with E-state index < -0.39 is 4.92 Å². The highest BCUT2D eigenvalue weighted by atomic mass is 16.6. The minimum absolute atomic E-state index is 0.0522. The standard InChI is InChI=1S/C14H17N5O3/c1-17(2)16-9-14-15-6-7-18(14)10-11-4-5-13(22-3)12(8-11)19(20)21/h4-9H,10H2,1-3H3. The number of aromatic nitrogens is 2. The molecule has 0 radical (unpaired) electrons. The third-order valence-electron chi connectivity index (χ3n) is 2.94.